The average molecular weight is 537 g/mol. The van der Waals surface area contributed by atoms with Crippen molar-refractivity contribution < 1.29 is 43.9 Å². The number of allylic oxidation sites excluding steroid dienone is 2. The Morgan fingerprint density at radius 2 is 0.923 bits per heavy atom. The molecule has 0 atom stereocenters. The van der Waals surface area contributed by atoms with Crippen molar-refractivity contribution in [3.05, 3.63) is 83.4 Å². The molecule has 0 amide bonds. The van der Waals surface area contributed by atoms with E-state index in [0.717, 1.165) is 11.1 Å². The first-order valence-corrected chi connectivity index (χ1v) is 11.5. The lowest BCUT2D eigenvalue weighted by Crippen LogP contribution is -1.87. The Bertz CT molecular complexity index is 1250. The van der Waals surface area contributed by atoms with E-state index in [4.69, 9.17) is 19.3 Å². The monoisotopic (exact) mass is 536 g/mol. The number of carbonyl (C=O) groups is 3. The number of rotatable bonds is 8. The first-order valence-electron chi connectivity index (χ1n) is 11.5. The van der Waals surface area contributed by atoms with Crippen LogP contribution in [0.25, 0.3) is 12.2 Å². The van der Waals surface area contributed by atoms with Crippen LogP contribution in [0.15, 0.2) is 66.7 Å². The van der Waals surface area contributed by atoms with E-state index in [2.05, 4.69) is 0 Å². The topological polar surface area (TPSA) is 140 Å². The van der Waals surface area contributed by atoms with Crippen LogP contribution in [0.5, 0.6) is 34.5 Å². The number of carbonyl (C=O) groups excluding carboxylic acids is 3. The van der Waals surface area contributed by atoms with Gasteiger partial charge in [0.1, 0.15) is 12.1 Å². The third-order valence-corrected chi connectivity index (χ3v) is 4.63. The number of aromatic hydroxyl groups is 3. The summed E-state index contributed by atoms with van der Waals surface area (Å²) in [5.41, 5.74) is 1.95. The van der Waals surface area contributed by atoms with Crippen molar-refractivity contribution in [2.24, 2.45) is 0 Å². The molecule has 3 rings (SSSR count). The van der Waals surface area contributed by atoms with E-state index in [0.29, 0.717) is 29.1 Å². The van der Waals surface area contributed by atoms with Crippen molar-refractivity contribution in [2.45, 2.75) is 13.8 Å². The lowest BCUT2D eigenvalue weighted by Gasteiger charge is -2.03. The van der Waals surface area contributed by atoms with Crippen LogP contribution < -0.4 is 14.2 Å². The Morgan fingerprint density at radius 1 is 0.615 bits per heavy atom. The van der Waals surface area contributed by atoms with E-state index >= 15 is 0 Å². The third-order valence-electron chi connectivity index (χ3n) is 4.63. The van der Waals surface area contributed by atoms with Gasteiger partial charge in [0.2, 0.25) is 0 Å². The molecule has 0 unspecified atom stereocenters. The normalized spacial score (nSPS) is 10.1. The predicted octanol–water partition coefficient (Wildman–Crippen LogP) is 5.22. The number of phenols is 3. The molecule has 0 radical (unpaired) electrons. The molecule has 3 aromatic carbocycles. The molecule has 9 nitrogen and oxygen atoms in total. The van der Waals surface area contributed by atoms with Gasteiger partial charge in [0.15, 0.2) is 40.3 Å². The fraction of sp³-hybridized carbons (Fsp3) is 0.167. The zero-order valence-corrected chi connectivity index (χ0v) is 22.4. The summed E-state index contributed by atoms with van der Waals surface area (Å²) in [7, 11) is 4.36. The average Bonchev–Trinajstić information content (AvgIpc) is 2.92. The highest BCUT2D eigenvalue weighted by Crippen LogP contribution is 2.28. The van der Waals surface area contributed by atoms with Gasteiger partial charge in [0, 0.05) is 5.56 Å². The Balaban J connectivity index is 0.000000418. The summed E-state index contributed by atoms with van der Waals surface area (Å²) in [4.78, 5) is 31.6. The highest BCUT2D eigenvalue weighted by molar-refractivity contribution is 6.04. The fourth-order valence-corrected chi connectivity index (χ4v) is 2.78. The number of methoxy groups -OCH3 is 3. The minimum absolute atomic E-state index is 0.0399. The van der Waals surface area contributed by atoms with Gasteiger partial charge in [-0.05, 0) is 79.6 Å². The van der Waals surface area contributed by atoms with Gasteiger partial charge in [-0.2, -0.15) is 0 Å². The van der Waals surface area contributed by atoms with Gasteiger partial charge in [0.25, 0.3) is 0 Å². The highest BCUT2D eigenvalue weighted by Gasteiger charge is 2.03. The maximum absolute atomic E-state index is 11.9. The lowest BCUT2D eigenvalue weighted by molar-refractivity contribution is -0.115. The van der Waals surface area contributed by atoms with Crippen LogP contribution in [-0.2, 0) is 9.59 Å². The molecule has 0 aliphatic rings. The van der Waals surface area contributed by atoms with Gasteiger partial charge in [-0.25, -0.2) is 0 Å². The molecule has 3 aromatic rings. The fourth-order valence-electron chi connectivity index (χ4n) is 2.78. The van der Waals surface area contributed by atoms with Crippen molar-refractivity contribution in [2.75, 3.05) is 21.3 Å². The molecule has 0 aliphatic heterocycles. The zero-order chi connectivity index (χ0) is 29.4. The van der Waals surface area contributed by atoms with E-state index in [1.54, 1.807) is 36.4 Å². The van der Waals surface area contributed by atoms with Crippen molar-refractivity contribution in [3.63, 3.8) is 0 Å². The number of phenolic OH excluding ortho intramolecular Hbond substituents is 3. The summed E-state index contributed by atoms with van der Waals surface area (Å²) in [5.74, 6) is 1.10. The maximum Gasteiger partial charge on any atom is 0.178 e. The molecule has 0 bridgehead atoms. The van der Waals surface area contributed by atoms with Crippen LogP contribution in [0, 0.1) is 0 Å². The second-order valence-corrected chi connectivity index (χ2v) is 7.89. The molecule has 0 saturated carbocycles. The van der Waals surface area contributed by atoms with E-state index in [1.165, 1.54) is 77.7 Å². The third kappa shape index (κ3) is 11.7. The maximum atomic E-state index is 11.9. The summed E-state index contributed by atoms with van der Waals surface area (Å²) < 4.78 is 14.8. The molecule has 3 N–H and O–H groups in total. The summed E-state index contributed by atoms with van der Waals surface area (Å²) in [6, 6.07) is 14.0. The molecule has 0 saturated heterocycles. The van der Waals surface area contributed by atoms with Crippen LogP contribution in [0.2, 0.25) is 0 Å². The van der Waals surface area contributed by atoms with Crippen LogP contribution in [0.1, 0.15) is 35.3 Å². The summed E-state index contributed by atoms with van der Waals surface area (Å²) >= 11 is 0. The standard InChI is InChI=1S/C19H18O5.C8H8O3.C3H6O/c1-23-18-11-13(5-9-16(18)21)3-7-15(20)8-4-14-6-10-17(22)19(12-14)24-2;1-11-8-4-6(5-9)2-3-7(8)10;1-3(2)4/h3-12,21-22H,1-2H3;2-5,10H,1H3;1-2H3/b7-3+,8-4+;;. The van der Waals surface area contributed by atoms with Crippen LogP contribution in [-0.4, -0.2) is 54.5 Å². The number of hydrogen-bond donors (Lipinski definition) is 3. The molecule has 0 spiro atoms. The number of Topliss-reactive ketones (excluding diaryl/α,β-unsaturated/α-hetero) is 1. The van der Waals surface area contributed by atoms with Gasteiger partial charge in [0.05, 0.1) is 21.3 Å². The molecular formula is C30H32O9. The molecule has 0 aliphatic carbocycles. The second kappa shape index (κ2) is 16.6. The van der Waals surface area contributed by atoms with E-state index in [-0.39, 0.29) is 28.8 Å². The molecule has 0 heterocycles. The molecule has 206 valence electrons. The van der Waals surface area contributed by atoms with Crippen molar-refractivity contribution in [1.82, 2.24) is 0 Å². The van der Waals surface area contributed by atoms with Crippen LogP contribution >= 0.6 is 0 Å². The molecule has 0 fully saturated rings. The Labute approximate surface area is 227 Å². The molecule has 39 heavy (non-hydrogen) atoms. The van der Waals surface area contributed by atoms with Gasteiger partial charge >= 0.3 is 0 Å². The smallest absolute Gasteiger partial charge is 0.178 e. The number of hydrogen-bond acceptors (Lipinski definition) is 9. The Hall–Kier alpha value is -5.05. The van der Waals surface area contributed by atoms with Crippen molar-refractivity contribution in [3.8, 4) is 34.5 Å². The Kier molecular flexibility index (Phi) is 13.7. The minimum atomic E-state index is -0.200. The minimum Gasteiger partial charge on any atom is -0.504 e. The first kappa shape index (κ1) is 32.0. The van der Waals surface area contributed by atoms with Gasteiger partial charge in [-0.3, -0.25) is 9.59 Å². The van der Waals surface area contributed by atoms with Crippen LogP contribution in [0.4, 0.5) is 0 Å². The zero-order valence-electron chi connectivity index (χ0n) is 22.4. The van der Waals surface area contributed by atoms with Gasteiger partial charge in [-0.1, -0.05) is 24.3 Å². The summed E-state index contributed by atoms with van der Waals surface area (Å²) in [6.07, 6.45) is 6.79. The number of aldehydes is 1. The Morgan fingerprint density at radius 3 is 1.23 bits per heavy atom. The number of benzene rings is 3. The highest BCUT2D eigenvalue weighted by atomic mass is 16.5. The first-order chi connectivity index (χ1) is 18.5. The van der Waals surface area contributed by atoms with Crippen LogP contribution in [0.3, 0.4) is 0 Å². The molecule has 9 heteroatoms. The largest absolute Gasteiger partial charge is 0.504 e. The second-order valence-electron chi connectivity index (χ2n) is 7.89. The van der Waals surface area contributed by atoms with Crippen molar-refractivity contribution >= 4 is 30.0 Å². The lowest BCUT2D eigenvalue weighted by atomic mass is 10.1. The van der Waals surface area contributed by atoms with Gasteiger partial charge in [-0.15, -0.1) is 0 Å². The molecule has 0 aromatic heterocycles. The summed E-state index contributed by atoms with van der Waals surface area (Å²) in [6.45, 7) is 3.06. The van der Waals surface area contributed by atoms with E-state index in [1.807, 2.05) is 0 Å². The van der Waals surface area contributed by atoms with E-state index in [9.17, 15) is 24.6 Å². The van der Waals surface area contributed by atoms with Crippen molar-refractivity contribution in [1.29, 1.82) is 0 Å². The number of ether oxygens (including phenoxy) is 3. The van der Waals surface area contributed by atoms with Gasteiger partial charge < -0.3 is 34.3 Å². The summed E-state index contributed by atoms with van der Waals surface area (Å²) in [5, 5.41) is 28.1. The quantitative estimate of drug-likeness (QED) is 0.261. The SMILES string of the molecule is CC(C)=O.COc1cc(/C=C/C(=O)/C=C/c2ccc(O)c(OC)c2)ccc1O.COc1cc(C=O)ccc1O. The predicted molar refractivity (Wildman–Crippen MR) is 149 cm³/mol. The molecular weight excluding hydrogens is 504 g/mol. The number of ketones is 2. The van der Waals surface area contributed by atoms with E-state index < -0.39 is 0 Å².